The fraction of sp³-hybridized carbons (Fsp3) is 0.211. The molecule has 134 valence electrons. The molecular weight excluding hydrogens is 332 g/mol. The number of carboxylic acid groups (broad SMARTS) is 1. The number of amides is 1. The Morgan fingerprint density at radius 3 is 2.27 bits per heavy atom. The van der Waals surface area contributed by atoms with Crippen LogP contribution >= 0.6 is 0 Å². The average molecular weight is 352 g/mol. The molecule has 0 aliphatic heterocycles. The number of carbonyl (C=O) groups excluding carboxylic acids is 1. The molecule has 0 aliphatic carbocycles. The molecule has 1 amide bonds. The van der Waals surface area contributed by atoms with Crippen LogP contribution in [0.25, 0.3) is 5.82 Å². The Morgan fingerprint density at radius 2 is 1.69 bits per heavy atom. The normalized spacial score (nSPS) is 10.7. The van der Waals surface area contributed by atoms with Crippen LogP contribution in [0.2, 0.25) is 0 Å². The summed E-state index contributed by atoms with van der Waals surface area (Å²) in [6.07, 6.45) is 1.55. The number of hydrogen-bond donors (Lipinski definition) is 2. The minimum Gasteiger partial charge on any atom is -0.478 e. The van der Waals surface area contributed by atoms with Crippen LogP contribution in [0.15, 0.2) is 42.6 Å². The highest BCUT2D eigenvalue weighted by Crippen LogP contribution is 2.20. The van der Waals surface area contributed by atoms with Crippen molar-refractivity contribution in [2.24, 2.45) is 7.05 Å². The lowest BCUT2D eigenvalue weighted by molar-refractivity contribution is 0.0696. The first-order valence-corrected chi connectivity index (χ1v) is 8.16. The zero-order valence-electron chi connectivity index (χ0n) is 14.9. The standard InChI is InChI=1S/C19H20N4O3/c1-12-4-5-13(2)23(12)18-16(11-21-22(18)3)17(24)20-10-14-6-8-15(9-7-14)19(25)26/h4-9,11H,10H2,1-3H3,(H,20,24)(H,25,26). The third-order valence-electron chi connectivity index (χ3n) is 4.29. The molecule has 0 atom stereocenters. The summed E-state index contributed by atoms with van der Waals surface area (Å²) in [5.74, 6) is -0.496. The first-order chi connectivity index (χ1) is 12.4. The quantitative estimate of drug-likeness (QED) is 0.738. The van der Waals surface area contributed by atoms with Crippen molar-refractivity contribution in [3.8, 4) is 5.82 Å². The average Bonchev–Trinajstić information content (AvgIpc) is 3.15. The van der Waals surface area contributed by atoms with E-state index in [1.54, 1.807) is 30.1 Å². The van der Waals surface area contributed by atoms with Crippen LogP contribution in [0.3, 0.4) is 0 Å². The topological polar surface area (TPSA) is 89.2 Å². The highest BCUT2D eigenvalue weighted by atomic mass is 16.4. The first-order valence-electron chi connectivity index (χ1n) is 8.16. The third kappa shape index (κ3) is 3.23. The second kappa shape index (κ2) is 6.87. The van der Waals surface area contributed by atoms with E-state index in [0.717, 1.165) is 17.0 Å². The van der Waals surface area contributed by atoms with Crippen molar-refractivity contribution in [3.63, 3.8) is 0 Å². The monoisotopic (exact) mass is 352 g/mol. The molecule has 26 heavy (non-hydrogen) atoms. The van der Waals surface area contributed by atoms with Gasteiger partial charge in [0.2, 0.25) is 0 Å². The maximum Gasteiger partial charge on any atom is 0.335 e. The molecule has 0 saturated carbocycles. The molecule has 2 aromatic heterocycles. The van der Waals surface area contributed by atoms with E-state index in [0.29, 0.717) is 17.9 Å². The molecule has 0 saturated heterocycles. The van der Waals surface area contributed by atoms with Gasteiger partial charge in [-0.25, -0.2) is 4.79 Å². The smallest absolute Gasteiger partial charge is 0.335 e. The summed E-state index contributed by atoms with van der Waals surface area (Å²) in [4.78, 5) is 23.6. The lowest BCUT2D eigenvalue weighted by atomic mass is 10.1. The minimum atomic E-state index is -0.974. The SMILES string of the molecule is Cc1ccc(C)n1-c1c(C(=O)NCc2ccc(C(=O)O)cc2)cnn1C. The van der Waals surface area contributed by atoms with Gasteiger partial charge in [-0.1, -0.05) is 12.1 Å². The number of hydrogen-bond acceptors (Lipinski definition) is 3. The van der Waals surface area contributed by atoms with Crippen molar-refractivity contribution < 1.29 is 14.7 Å². The zero-order valence-corrected chi connectivity index (χ0v) is 14.9. The summed E-state index contributed by atoms with van der Waals surface area (Å²) in [7, 11) is 1.80. The van der Waals surface area contributed by atoms with Crippen molar-refractivity contribution in [3.05, 3.63) is 70.7 Å². The van der Waals surface area contributed by atoms with E-state index in [1.807, 2.05) is 30.5 Å². The summed E-state index contributed by atoms with van der Waals surface area (Å²) in [5, 5.41) is 16.0. The van der Waals surface area contributed by atoms with Crippen LogP contribution in [0, 0.1) is 13.8 Å². The van der Waals surface area contributed by atoms with Crippen molar-refractivity contribution in [2.45, 2.75) is 20.4 Å². The lowest BCUT2D eigenvalue weighted by Gasteiger charge is -2.12. The van der Waals surface area contributed by atoms with Crippen LogP contribution in [0.1, 0.15) is 37.7 Å². The van der Waals surface area contributed by atoms with E-state index in [-0.39, 0.29) is 11.5 Å². The van der Waals surface area contributed by atoms with E-state index in [1.165, 1.54) is 12.1 Å². The Kier molecular flexibility index (Phi) is 4.62. The van der Waals surface area contributed by atoms with E-state index >= 15 is 0 Å². The summed E-state index contributed by atoms with van der Waals surface area (Å²) in [5.41, 5.74) is 3.56. The molecule has 1 aromatic carbocycles. The van der Waals surface area contributed by atoms with Crippen molar-refractivity contribution in [2.75, 3.05) is 0 Å². The highest BCUT2D eigenvalue weighted by molar-refractivity contribution is 5.97. The predicted octanol–water partition coefficient (Wildman–Crippen LogP) is 2.46. The Bertz CT molecular complexity index is 948. The van der Waals surface area contributed by atoms with E-state index < -0.39 is 5.97 Å². The second-order valence-electron chi connectivity index (χ2n) is 6.14. The highest BCUT2D eigenvalue weighted by Gasteiger charge is 2.19. The van der Waals surface area contributed by atoms with Gasteiger partial charge >= 0.3 is 5.97 Å². The maximum atomic E-state index is 12.7. The van der Waals surface area contributed by atoms with Gasteiger partial charge in [-0.05, 0) is 43.7 Å². The summed E-state index contributed by atoms with van der Waals surface area (Å²) >= 11 is 0. The van der Waals surface area contributed by atoms with Crippen molar-refractivity contribution in [1.29, 1.82) is 0 Å². The van der Waals surface area contributed by atoms with Crippen LogP contribution in [-0.4, -0.2) is 31.3 Å². The minimum absolute atomic E-state index is 0.216. The number of benzene rings is 1. The number of carboxylic acids is 1. The molecule has 3 aromatic rings. The molecule has 7 heteroatoms. The van der Waals surface area contributed by atoms with Crippen molar-refractivity contribution in [1.82, 2.24) is 19.7 Å². The van der Waals surface area contributed by atoms with Gasteiger partial charge in [-0.15, -0.1) is 0 Å². The molecular formula is C19H20N4O3. The molecule has 0 fully saturated rings. The summed E-state index contributed by atoms with van der Waals surface area (Å²) in [6, 6.07) is 10.4. The van der Waals surface area contributed by atoms with Crippen molar-refractivity contribution >= 4 is 11.9 Å². The van der Waals surface area contributed by atoms with Crippen LogP contribution in [0.5, 0.6) is 0 Å². The Labute approximate surface area is 150 Å². The van der Waals surface area contributed by atoms with E-state index in [9.17, 15) is 9.59 Å². The summed E-state index contributed by atoms with van der Waals surface area (Å²) in [6.45, 7) is 4.26. The van der Waals surface area contributed by atoms with Gasteiger partial charge in [0.05, 0.1) is 11.8 Å². The molecule has 7 nitrogen and oxygen atoms in total. The van der Waals surface area contributed by atoms with Gasteiger partial charge in [-0.3, -0.25) is 9.48 Å². The maximum absolute atomic E-state index is 12.7. The first kappa shape index (κ1) is 17.5. The van der Waals surface area contributed by atoms with Gasteiger partial charge in [0.1, 0.15) is 11.4 Å². The number of rotatable bonds is 5. The number of aromatic carboxylic acids is 1. The molecule has 0 spiro atoms. The van der Waals surface area contributed by atoms with Crippen LogP contribution in [-0.2, 0) is 13.6 Å². The molecule has 3 rings (SSSR count). The molecule has 0 bridgehead atoms. The Morgan fingerprint density at radius 1 is 1.08 bits per heavy atom. The Balaban J connectivity index is 1.80. The molecule has 2 N–H and O–H groups in total. The largest absolute Gasteiger partial charge is 0.478 e. The van der Waals surface area contributed by atoms with Gasteiger partial charge in [0, 0.05) is 25.0 Å². The number of carbonyl (C=O) groups is 2. The van der Waals surface area contributed by atoms with Gasteiger partial charge < -0.3 is 15.0 Å². The van der Waals surface area contributed by atoms with Gasteiger partial charge in [0.25, 0.3) is 5.91 Å². The number of aromatic nitrogens is 3. The zero-order chi connectivity index (χ0) is 18.8. The number of aryl methyl sites for hydroxylation is 3. The van der Waals surface area contributed by atoms with E-state index in [4.69, 9.17) is 5.11 Å². The van der Waals surface area contributed by atoms with Crippen LogP contribution < -0.4 is 5.32 Å². The second-order valence-corrected chi connectivity index (χ2v) is 6.14. The Hall–Kier alpha value is -3.35. The number of nitrogens with zero attached hydrogens (tertiary/aromatic N) is 3. The predicted molar refractivity (Wildman–Crippen MR) is 96.6 cm³/mol. The lowest BCUT2D eigenvalue weighted by Crippen LogP contribution is -2.24. The van der Waals surface area contributed by atoms with Gasteiger partial charge in [0.15, 0.2) is 0 Å². The fourth-order valence-corrected chi connectivity index (χ4v) is 2.90. The molecule has 2 heterocycles. The van der Waals surface area contributed by atoms with E-state index in [2.05, 4.69) is 10.4 Å². The molecule has 0 unspecified atom stereocenters. The fourth-order valence-electron chi connectivity index (χ4n) is 2.90. The number of nitrogens with one attached hydrogen (secondary N) is 1. The van der Waals surface area contributed by atoms with Crippen LogP contribution in [0.4, 0.5) is 0 Å². The molecule has 0 radical (unpaired) electrons. The molecule has 0 aliphatic rings. The third-order valence-corrected chi connectivity index (χ3v) is 4.29. The summed E-state index contributed by atoms with van der Waals surface area (Å²) < 4.78 is 3.67. The van der Waals surface area contributed by atoms with Gasteiger partial charge in [-0.2, -0.15) is 5.10 Å².